The minimum Gasteiger partial charge on any atom is -0.343 e. The zero-order valence-corrected chi connectivity index (χ0v) is 11.0. The second-order valence-corrected chi connectivity index (χ2v) is 4.08. The predicted octanol–water partition coefficient (Wildman–Crippen LogP) is 0.608. The number of aryl methyl sites for hydroxylation is 1. The lowest BCUT2D eigenvalue weighted by Gasteiger charge is -2.10. The minimum absolute atomic E-state index is 0.163. The molecule has 1 rings (SSSR count). The normalized spacial score (nSPS) is 10.2. The first-order chi connectivity index (χ1) is 7.88. The highest BCUT2D eigenvalue weighted by Crippen LogP contribution is 2.20. The number of anilines is 1. The van der Waals surface area contributed by atoms with E-state index < -0.39 is 0 Å². The highest BCUT2D eigenvalue weighted by atomic mass is 35.5. The highest BCUT2D eigenvalue weighted by Gasteiger charge is 2.22. The monoisotopic (exact) mass is 258 g/mol. The number of hydrogen-bond donors (Lipinski definition) is 1. The van der Waals surface area contributed by atoms with Crippen LogP contribution < -0.4 is 5.32 Å². The summed E-state index contributed by atoms with van der Waals surface area (Å²) in [5.41, 5.74) is 1.33. The summed E-state index contributed by atoms with van der Waals surface area (Å²) in [4.78, 5) is 24.5. The van der Waals surface area contributed by atoms with E-state index in [0.29, 0.717) is 11.4 Å². The van der Waals surface area contributed by atoms with Crippen LogP contribution in [-0.2, 0) is 11.8 Å². The fourth-order valence-electron chi connectivity index (χ4n) is 1.29. The molecule has 0 aliphatic carbocycles. The molecule has 0 spiro atoms. The van der Waals surface area contributed by atoms with Crippen molar-refractivity contribution in [2.24, 2.45) is 7.05 Å². The number of amides is 2. The predicted molar refractivity (Wildman–Crippen MR) is 65.3 cm³/mol. The molecule has 1 N–H and O–H groups in total. The van der Waals surface area contributed by atoms with Crippen molar-refractivity contribution in [3.63, 3.8) is 0 Å². The van der Waals surface area contributed by atoms with E-state index in [1.807, 2.05) is 0 Å². The molecule has 0 radical (unpaired) electrons. The Bertz CT molecular complexity index is 453. The molecule has 6 nitrogen and oxygen atoms in total. The number of rotatable bonds is 3. The summed E-state index contributed by atoms with van der Waals surface area (Å²) in [7, 11) is 4.96. The quantitative estimate of drug-likeness (QED) is 0.808. The van der Waals surface area contributed by atoms with E-state index in [0.717, 1.165) is 0 Å². The number of aromatic nitrogens is 2. The van der Waals surface area contributed by atoms with Crippen molar-refractivity contribution < 1.29 is 9.59 Å². The van der Waals surface area contributed by atoms with Gasteiger partial charge in [0.1, 0.15) is 5.88 Å². The van der Waals surface area contributed by atoms with Crippen molar-refractivity contribution >= 4 is 29.1 Å². The van der Waals surface area contributed by atoms with Crippen LogP contribution >= 0.6 is 11.6 Å². The summed E-state index contributed by atoms with van der Waals surface area (Å²) >= 11 is 5.42. The summed E-state index contributed by atoms with van der Waals surface area (Å²) in [6.45, 7) is 1.77. The van der Waals surface area contributed by atoms with Crippen LogP contribution in [0.15, 0.2) is 0 Å². The summed E-state index contributed by atoms with van der Waals surface area (Å²) in [6.07, 6.45) is 0. The van der Waals surface area contributed by atoms with Gasteiger partial charge in [0.05, 0.1) is 11.4 Å². The third-order valence-corrected chi connectivity index (χ3v) is 2.57. The van der Waals surface area contributed by atoms with Gasteiger partial charge in [0, 0.05) is 21.1 Å². The van der Waals surface area contributed by atoms with Crippen molar-refractivity contribution in [2.75, 3.05) is 25.3 Å². The molecule has 0 aliphatic rings. The second-order valence-electron chi connectivity index (χ2n) is 3.81. The molecule has 0 fully saturated rings. The average Bonchev–Trinajstić information content (AvgIpc) is 2.55. The van der Waals surface area contributed by atoms with Gasteiger partial charge in [0.2, 0.25) is 5.91 Å². The topological polar surface area (TPSA) is 67.2 Å². The molecule has 94 valence electrons. The van der Waals surface area contributed by atoms with Crippen molar-refractivity contribution in [1.82, 2.24) is 14.7 Å². The SMILES string of the molecule is Cc1c(NC(=O)CCl)c(C(=O)N(C)C)nn1C. The molecular formula is C10H15ClN4O2. The number of nitrogens with zero attached hydrogens (tertiary/aromatic N) is 3. The van der Waals surface area contributed by atoms with Crippen LogP contribution in [0.1, 0.15) is 16.2 Å². The van der Waals surface area contributed by atoms with Gasteiger partial charge in [-0.15, -0.1) is 11.6 Å². The Morgan fingerprint density at radius 3 is 2.53 bits per heavy atom. The smallest absolute Gasteiger partial charge is 0.276 e. The molecule has 1 aromatic heterocycles. The number of alkyl halides is 1. The maximum Gasteiger partial charge on any atom is 0.276 e. The van der Waals surface area contributed by atoms with Gasteiger partial charge in [-0.3, -0.25) is 14.3 Å². The summed E-state index contributed by atoms with van der Waals surface area (Å²) in [6, 6.07) is 0. The van der Waals surface area contributed by atoms with Crippen LogP contribution in [-0.4, -0.2) is 46.5 Å². The van der Waals surface area contributed by atoms with Crippen LogP contribution in [0, 0.1) is 6.92 Å². The number of halogens is 1. The minimum atomic E-state index is -0.365. The zero-order chi connectivity index (χ0) is 13.2. The summed E-state index contributed by atoms with van der Waals surface area (Å²) in [5, 5.41) is 6.67. The van der Waals surface area contributed by atoms with Crippen LogP contribution in [0.3, 0.4) is 0 Å². The molecule has 0 bridgehead atoms. The summed E-state index contributed by atoms with van der Waals surface area (Å²) < 4.78 is 1.54. The lowest BCUT2D eigenvalue weighted by Crippen LogP contribution is -2.24. The number of carbonyl (C=O) groups excluding carboxylic acids is 2. The molecular weight excluding hydrogens is 244 g/mol. The zero-order valence-electron chi connectivity index (χ0n) is 10.2. The van der Waals surface area contributed by atoms with E-state index in [1.165, 1.54) is 4.90 Å². The molecule has 2 amide bonds. The first-order valence-corrected chi connectivity index (χ1v) is 5.53. The second kappa shape index (κ2) is 5.18. The van der Waals surface area contributed by atoms with E-state index in [9.17, 15) is 9.59 Å². The van der Waals surface area contributed by atoms with Gasteiger partial charge in [-0.1, -0.05) is 0 Å². The maximum absolute atomic E-state index is 11.9. The Labute approximate surface area is 105 Å². The fraction of sp³-hybridized carbons (Fsp3) is 0.500. The maximum atomic E-state index is 11.9. The Hall–Kier alpha value is -1.56. The molecule has 0 saturated heterocycles. The van der Waals surface area contributed by atoms with Gasteiger partial charge in [-0.05, 0) is 6.92 Å². The van der Waals surface area contributed by atoms with E-state index >= 15 is 0 Å². The van der Waals surface area contributed by atoms with Crippen LogP contribution in [0.25, 0.3) is 0 Å². The number of hydrogen-bond acceptors (Lipinski definition) is 3. The third-order valence-electron chi connectivity index (χ3n) is 2.33. The largest absolute Gasteiger partial charge is 0.343 e. The Kier molecular flexibility index (Phi) is 4.11. The highest BCUT2D eigenvalue weighted by molar-refractivity contribution is 6.29. The van der Waals surface area contributed by atoms with Gasteiger partial charge < -0.3 is 10.2 Å². The van der Waals surface area contributed by atoms with Gasteiger partial charge in [-0.25, -0.2) is 0 Å². The van der Waals surface area contributed by atoms with E-state index in [2.05, 4.69) is 10.4 Å². The lowest BCUT2D eigenvalue weighted by molar-refractivity contribution is -0.113. The van der Waals surface area contributed by atoms with Crippen LogP contribution in [0.5, 0.6) is 0 Å². The van der Waals surface area contributed by atoms with Crippen LogP contribution in [0.2, 0.25) is 0 Å². The van der Waals surface area contributed by atoms with Gasteiger partial charge in [-0.2, -0.15) is 5.10 Å². The van der Waals surface area contributed by atoms with Gasteiger partial charge in [0.25, 0.3) is 5.91 Å². The van der Waals surface area contributed by atoms with E-state index in [-0.39, 0.29) is 23.4 Å². The summed E-state index contributed by atoms with van der Waals surface area (Å²) in [5.74, 6) is -0.793. The van der Waals surface area contributed by atoms with E-state index in [4.69, 9.17) is 11.6 Å². The third kappa shape index (κ3) is 2.76. The van der Waals surface area contributed by atoms with Gasteiger partial charge in [0.15, 0.2) is 5.69 Å². The number of carbonyl (C=O) groups is 2. The Morgan fingerprint density at radius 2 is 2.06 bits per heavy atom. The van der Waals surface area contributed by atoms with Gasteiger partial charge >= 0.3 is 0 Å². The van der Waals surface area contributed by atoms with Crippen molar-refractivity contribution in [2.45, 2.75) is 6.92 Å². The molecule has 0 aromatic carbocycles. The molecule has 17 heavy (non-hydrogen) atoms. The Balaban J connectivity index is 3.17. The standard InChI is InChI=1S/C10H15ClN4O2/c1-6-8(12-7(16)5-11)9(13-15(6)4)10(17)14(2)3/h5H2,1-4H3,(H,12,16). The first-order valence-electron chi connectivity index (χ1n) is 4.99. The molecule has 1 heterocycles. The Morgan fingerprint density at radius 1 is 1.47 bits per heavy atom. The average molecular weight is 259 g/mol. The number of nitrogens with one attached hydrogen (secondary N) is 1. The molecule has 7 heteroatoms. The van der Waals surface area contributed by atoms with Crippen molar-refractivity contribution in [3.05, 3.63) is 11.4 Å². The lowest BCUT2D eigenvalue weighted by atomic mass is 10.2. The van der Waals surface area contributed by atoms with E-state index in [1.54, 1.807) is 32.7 Å². The molecule has 0 unspecified atom stereocenters. The fourth-order valence-corrected chi connectivity index (χ4v) is 1.36. The first kappa shape index (κ1) is 13.5. The van der Waals surface area contributed by atoms with Crippen molar-refractivity contribution in [1.29, 1.82) is 0 Å². The molecule has 1 aromatic rings. The molecule has 0 aliphatic heterocycles. The van der Waals surface area contributed by atoms with Crippen molar-refractivity contribution in [3.8, 4) is 0 Å². The molecule has 0 atom stereocenters. The molecule has 0 saturated carbocycles. The van der Waals surface area contributed by atoms with Crippen LogP contribution in [0.4, 0.5) is 5.69 Å².